The zero-order chi connectivity index (χ0) is 10.8. The summed E-state index contributed by atoms with van der Waals surface area (Å²) in [5.41, 5.74) is -0.118. The summed E-state index contributed by atoms with van der Waals surface area (Å²) >= 11 is 0. The van der Waals surface area contributed by atoms with Crippen LogP contribution in [0.25, 0.3) is 10.8 Å². The lowest BCUT2D eigenvalue weighted by Gasteiger charge is -2.03. The van der Waals surface area contributed by atoms with Crippen molar-refractivity contribution in [2.75, 3.05) is 7.11 Å². The van der Waals surface area contributed by atoms with Gasteiger partial charge in [-0.3, -0.25) is 4.79 Å². The molecular weight excluding hydrogens is 192 g/mol. The first-order valence-corrected chi connectivity index (χ1v) is 4.52. The van der Waals surface area contributed by atoms with Crippen LogP contribution in [0.1, 0.15) is 0 Å². The number of hydrogen-bond acceptors (Lipinski definition) is 3. The number of aromatic hydroxyl groups is 1. The van der Waals surface area contributed by atoms with Crippen molar-refractivity contribution in [3.05, 3.63) is 46.6 Å². The third-order valence-corrected chi connectivity index (χ3v) is 2.25. The number of phenols is 1. The molecule has 76 valence electrons. The number of benzene rings is 1. The molecule has 0 aliphatic rings. The lowest BCUT2D eigenvalue weighted by atomic mass is 10.1. The predicted octanol–water partition coefficient (Wildman–Crippen LogP) is 1.91. The fourth-order valence-corrected chi connectivity index (χ4v) is 1.49. The molecule has 0 aromatic heterocycles. The van der Waals surface area contributed by atoms with E-state index < -0.39 is 0 Å². The molecule has 3 heteroatoms. The van der Waals surface area contributed by atoms with Crippen LogP contribution in [-0.2, 0) is 0 Å². The van der Waals surface area contributed by atoms with E-state index in [-0.39, 0.29) is 11.2 Å². The summed E-state index contributed by atoms with van der Waals surface area (Å²) in [5, 5.41) is 10.8. The second kappa shape index (κ2) is 3.61. The number of phenolic OH excluding ortho intramolecular Hbond substituents is 1. The van der Waals surface area contributed by atoms with Crippen LogP contribution < -0.4 is 10.2 Å². The van der Waals surface area contributed by atoms with Crippen molar-refractivity contribution in [3.63, 3.8) is 0 Å². The van der Waals surface area contributed by atoms with Crippen molar-refractivity contribution in [1.29, 1.82) is 0 Å². The first-order chi connectivity index (χ1) is 7.22. The number of rotatable bonds is 1. The molecule has 0 aliphatic heterocycles. The van der Waals surface area contributed by atoms with E-state index >= 15 is 0 Å². The third kappa shape index (κ3) is 1.64. The monoisotopic (exact) mass is 202 g/mol. The highest BCUT2D eigenvalue weighted by atomic mass is 16.5. The molecule has 0 radical (unpaired) electrons. The Morgan fingerprint density at radius 1 is 1.20 bits per heavy atom. The largest absolute Gasteiger partial charge is 0.504 e. The second-order valence-corrected chi connectivity index (χ2v) is 3.19. The molecule has 2 aromatic rings. The Bertz CT molecular complexity index is 561. The predicted molar refractivity (Wildman–Crippen MR) is 58.4 cm³/mol. The smallest absolute Gasteiger partial charge is 0.186 e. The molecule has 2 rings (SSSR count). The molecule has 3 nitrogen and oxygen atoms in total. The minimum absolute atomic E-state index is 0.0201. The van der Waals surface area contributed by atoms with Gasteiger partial charge in [0.2, 0.25) is 0 Å². The Morgan fingerprint density at radius 2 is 1.93 bits per heavy atom. The van der Waals surface area contributed by atoms with Gasteiger partial charge in [0.25, 0.3) is 0 Å². The standard InChI is InChI=1S/C12H10O3/c1-15-12-6-8-4-2-3-5-10(13)9(8)7-11(12)14/h2-7,14H,1H3. The normalized spacial score (nSPS) is 10.2. The molecule has 0 fully saturated rings. The number of methoxy groups -OCH3 is 1. The van der Waals surface area contributed by atoms with Gasteiger partial charge in [0.1, 0.15) is 0 Å². The highest BCUT2D eigenvalue weighted by molar-refractivity contribution is 5.85. The Hall–Kier alpha value is -2.03. The van der Waals surface area contributed by atoms with E-state index in [1.165, 1.54) is 19.2 Å². The fraction of sp³-hybridized carbons (Fsp3) is 0.0833. The molecule has 0 unspecified atom stereocenters. The maximum absolute atomic E-state index is 11.6. The molecule has 15 heavy (non-hydrogen) atoms. The SMILES string of the molecule is COc1cc2ccccc(=O)c2cc1O. The number of ether oxygens (including phenoxy) is 1. The molecule has 0 atom stereocenters. The third-order valence-electron chi connectivity index (χ3n) is 2.25. The van der Waals surface area contributed by atoms with Crippen LogP contribution in [0.2, 0.25) is 0 Å². The number of fused-ring (bicyclic) bond motifs is 1. The molecule has 0 heterocycles. The molecule has 0 aliphatic carbocycles. The molecule has 2 aromatic carbocycles. The van der Waals surface area contributed by atoms with Crippen LogP contribution in [0.5, 0.6) is 11.5 Å². The van der Waals surface area contributed by atoms with Crippen molar-refractivity contribution >= 4 is 10.8 Å². The molecule has 0 amide bonds. The van der Waals surface area contributed by atoms with Crippen LogP contribution in [0.4, 0.5) is 0 Å². The van der Waals surface area contributed by atoms with E-state index in [1.54, 1.807) is 24.3 Å². The zero-order valence-corrected chi connectivity index (χ0v) is 8.23. The van der Waals surface area contributed by atoms with Gasteiger partial charge in [-0.05, 0) is 23.6 Å². The average molecular weight is 202 g/mol. The van der Waals surface area contributed by atoms with Crippen molar-refractivity contribution in [2.45, 2.75) is 0 Å². The maximum atomic E-state index is 11.6. The Labute approximate surface area is 86.6 Å². The molecule has 1 N–H and O–H groups in total. The van der Waals surface area contributed by atoms with Crippen LogP contribution >= 0.6 is 0 Å². The van der Waals surface area contributed by atoms with Crippen molar-refractivity contribution in [3.8, 4) is 11.5 Å². The second-order valence-electron chi connectivity index (χ2n) is 3.19. The summed E-state index contributed by atoms with van der Waals surface area (Å²) in [5.74, 6) is 0.349. The molecule has 0 saturated heterocycles. The van der Waals surface area contributed by atoms with E-state index in [4.69, 9.17) is 4.74 Å². The van der Waals surface area contributed by atoms with E-state index in [2.05, 4.69) is 0 Å². The van der Waals surface area contributed by atoms with Crippen molar-refractivity contribution in [2.24, 2.45) is 0 Å². The van der Waals surface area contributed by atoms with E-state index in [0.717, 1.165) is 5.39 Å². The number of hydrogen-bond donors (Lipinski definition) is 1. The lowest BCUT2D eigenvalue weighted by molar-refractivity contribution is 0.374. The lowest BCUT2D eigenvalue weighted by Crippen LogP contribution is -1.95. The van der Waals surface area contributed by atoms with E-state index in [1.807, 2.05) is 0 Å². The van der Waals surface area contributed by atoms with E-state index in [0.29, 0.717) is 11.1 Å². The van der Waals surface area contributed by atoms with Gasteiger partial charge in [-0.1, -0.05) is 18.2 Å². The van der Waals surface area contributed by atoms with Crippen LogP contribution in [-0.4, -0.2) is 12.2 Å². The van der Waals surface area contributed by atoms with Gasteiger partial charge in [0, 0.05) is 5.39 Å². The summed E-state index contributed by atoms with van der Waals surface area (Å²) < 4.78 is 4.97. The first kappa shape index (κ1) is 9.52. The van der Waals surface area contributed by atoms with Gasteiger partial charge in [-0.2, -0.15) is 0 Å². The van der Waals surface area contributed by atoms with Gasteiger partial charge >= 0.3 is 0 Å². The molecule has 0 spiro atoms. The van der Waals surface area contributed by atoms with Crippen LogP contribution in [0.15, 0.2) is 41.2 Å². The van der Waals surface area contributed by atoms with Crippen LogP contribution in [0, 0.1) is 0 Å². The summed E-state index contributed by atoms with van der Waals surface area (Å²) in [4.78, 5) is 11.6. The average Bonchev–Trinajstić information content (AvgIpc) is 2.40. The summed E-state index contributed by atoms with van der Waals surface area (Å²) in [6.45, 7) is 0. The molecular formula is C12H10O3. The Balaban J connectivity index is 2.92. The Kier molecular flexibility index (Phi) is 2.29. The first-order valence-electron chi connectivity index (χ1n) is 4.52. The highest BCUT2D eigenvalue weighted by Crippen LogP contribution is 2.29. The van der Waals surface area contributed by atoms with E-state index in [9.17, 15) is 9.90 Å². The van der Waals surface area contributed by atoms with Gasteiger partial charge in [0.05, 0.1) is 7.11 Å². The fourth-order valence-electron chi connectivity index (χ4n) is 1.49. The Morgan fingerprint density at radius 3 is 2.67 bits per heavy atom. The highest BCUT2D eigenvalue weighted by Gasteiger charge is 2.04. The minimum Gasteiger partial charge on any atom is -0.504 e. The summed E-state index contributed by atoms with van der Waals surface area (Å²) in [6, 6.07) is 9.79. The summed E-state index contributed by atoms with van der Waals surface area (Å²) in [6.07, 6.45) is 0. The summed E-state index contributed by atoms with van der Waals surface area (Å²) in [7, 11) is 1.47. The quantitative estimate of drug-likeness (QED) is 0.768. The van der Waals surface area contributed by atoms with Crippen LogP contribution in [0.3, 0.4) is 0 Å². The topological polar surface area (TPSA) is 46.5 Å². The maximum Gasteiger partial charge on any atom is 0.186 e. The van der Waals surface area contributed by atoms with Gasteiger partial charge in [-0.15, -0.1) is 0 Å². The van der Waals surface area contributed by atoms with Gasteiger partial charge < -0.3 is 9.84 Å². The van der Waals surface area contributed by atoms with Gasteiger partial charge in [0.15, 0.2) is 16.9 Å². The van der Waals surface area contributed by atoms with Gasteiger partial charge in [-0.25, -0.2) is 0 Å². The van der Waals surface area contributed by atoms with Crippen molar-refractivity contribution in [1.82, 2.24) is 0 Å². The molecule has 0 saturated carbocycles. The zero-order valence-electron chi connectivity index (χ0n) is 8.23. The van der Waals surface area contributed by atoms with Crippen molar-refractivity contribution < 1.29 is 9.84 Å². The minimum atomic E-state index is -0.118. The molecule has 0 bridgehead atoms.